The Hall–Kier alpha value is -1.72. The van der Waals surface area contributed by atoms with Gasteiger partial charge in [-0.05, 0) is 60.8 Å². The minimum Gasteiger partial charge on any atom is -0.444 e. The number of anilines is 1. The van der Waals surface area contributed by atoms with Crippen molar-refractivity contribution in [2.75, 3.05) is 11.9 Å². The Bertz CT molecular complexity index is 589. The Morgan fingerprint density at radius 1 is 1.42 bits per heavy atom. The highest BCUT2D eigenvalue weighted by Gasteiger charge is 2.33. The average molecular weight is 336 g/mol. The molecule has 6 heteroatoms. The summed E-state index contributed by atoms with van der Waals surface area (Å²) in [6.45, 7) is 12.8. The molecule has 0 aliphatic carbocycles. The number of likely N-dealkylation sites (tertiary alicyclic amines) is 1. The van der Waals surface area contributed by atoms with Gasteiger partial charge in [0.05, 0.1) is 17.1 Å². The maximum absolute atomic E-state index is 12.4. The number of carbonyl (C=O) groups is 1. The molecule has 1 fully saturated rings. The zero-order chi connectivity index (χ0) is 18.1. The van der Waals surface area contributed by atoms with E-state index in [0.29, 0.717) is 0 Å². The van der Waals surface area contributed by atoms with Gasteiger partial charge in [0.2, 0.25) is 0 Å². The Morgan fingerprint density at radius 2 is 2.08 bits per heavy atom. The second-order valence-corrected chi connectivity index (χ2v) is 7.92. The summed E-state index contributed by atoms with van der Waals surface area (Å²) in [7, 11) is 1.96. The number of amides is 1. The molecule has 1 aliphatic rings. The first-order chi connectivity index (χ1) is 11.1. The van der Waals surface area contributed by atoms with Gasteiger partial charge in [-0.1, -0.05) is 0 Å². The van der Waals surface area contributed by atoms with Crippen molar-refractivity contribution in [1.82, 2.24) is 14.7 Å². The third-order valence-electron chi connectivity index (χ3n) is 4.53. The van der Waals surface area contributed by atoms with E-state index in [2.05, 4.69) is 24.3 Å². The fourth-order valence-corrected chi connectivity index (χ4v) is 3.34. The molecule has 0 bridgehead atoms. The van der Waals surface area contributed by atoms with E-state index in [4.69, 9.17) is 4.74 Å². The van der Waals surface area contributed by atoms with Gasteiger partial charge >= 0.3 is 6.09 Å². The van der Waals surface area contributed by atoms with E-state index in [1.165, 1.54) is 0 Å². The van der Waals surface area contributed by atoms with Crippen molar-refractivity contribution in [2.24, 2.45) is 7.05 Å². The lowest BCUT2D eigenvalue weighted by Crippen LogP contribution is -2.41. The molecule has 0 spiro atoms. The fraction of sp³-hybridized carbons (Fsp3) is 0.778. The summed E-state index contributed by atoms with van der Waals surface area (Å²) in [5.41, 5.74) is 2.80. The van der Waals surface area contributed by atoms with E-state index in [1.807, 2.05) is 44.3 Å². The fourth-order valence-electron chi connectivity index (χ4n) is 3.34. The predicted molar refractivity (Wildman–Crippen MR) is 96.3 cm³/mol. The van der Waals surface area contributed by atoms with Crippen LogP contribution in [0.1, 0.15) is 58.3 Å². The van der Waals surface area contributed by atoms with E-state index in [0.717, 1.165) is 42.9 Å². The van der Waals surface area contributed by atoms with Gasteiger partial charge in [-0.2, -0.15) is 5.10 Å². The molecule has 1 aliphatic heterocycles. The predicted octanol–water partition coefficient (Wildman–Crippen LogP) is 3.63. The van der Waals surface area contributed by atoms with Crippen LogP contribution in [0.2, 0.25) is 0 Å². The molecule has 2 unspecified atom stereocenters. The number of nitrogens with zero attached hydrogens (tertiary/aromatic N) is 3. The molecule has 1 aromatic rings. The Morgan fingerprint density at radius 3 is 2.62 bits per heavy atom. The molecule has 1 amide bonds. The van der Waals surface area contributed by atoms with Gasteiger partial charge in [0.15, 0.2) is 0 Å². The maximum Gasteiger partial charge on any atom is 0.410 e. The van der Waals surface area contributed by atoms with Gasteiger partial charge in [0, 0.05) is 25.7 Å². The zero-order valence-corrected chi connectivity index (χ0v) is 16.1. The van der Waals surface area contributed by atoms with Gasteiger partial charge in [0.1, 0.15) is 5.60 Å². The first kappa shape index (κ1) is 18.6. The number of rotatable bonds is 4. The van der Waals surface area contributed by atoms with Crippen LogP contribution in [0.25, 0.3) is 0 Å². The van der Waals surface area contributed by atoms with E-state index in [-0.39, 0.29) is 18.2 Å². The molecule has 0 saturated carbocycles. The van der Waals surface area contributed by atoms with Crippen LogP contribution in [-0.4, -0.2) is 45.0 Å². The molecule has 1 saturated heterocycles. The monoisotopic (exact) mass is 336 g/mol. The number of nitrogens with one attached hydrogen (secondary N) is 1. The van der Waals surface area contributed by atoms with Crippen LogP contribution in [0, 0.1) is 13.8 Å². The van der Waals surface area contributed by atoms with Crippen LogP contribution in [-0.2, 0) is 11.8 Å². The Balaban J connectivity index is 1.97. The Kier molecular flexibility index (Phi) is 5.45. The summed E-state index contributed by atoms with van der Waals surface area (Å²) in [5.74, 6) is 0. The first-order valence-electron chi connectivity index (χ1n) is 8.85. The molecule has 24 heavy (non-hydrogen) atoms. The van der Waals surface area contributed by atoms with Crippen molar-refractivity contribution in [3.05, 3.63) is 11.4 Å². The minimum absolute atomic E-state index is 0.189. The van der Waals surface area contributed by atoms with Crippen LogP contribution < -0.4 is 5.32 Å². The van der Waals surface area contributed by atoms with E-state index in [9.17, 15) is 4.79 Å². The molecule has 1 aromatic heterocycles. The molecule has 0 aromatic carbocycles. The van der Waals surface area contributed by atoms with E-state index >= 15 is 0 Å². The van der Waals surface area contributed by atoms with Crippen LogP contribution in [0.4, 0.5) is 10.5 Å². The van der Waals surface area contributed by atoms with Crippen LogP contribution in [0.3, 0.4) is 0 Å². The average Bonchev–Trinajstić information content (AvgIpc) is 2.98. The van der Waals surface area contributed by atoms with Crippen LogP contribution in [0.15, 0.2) is 0 Å². The van der Waals surface area contributed by atoms with Gasteiger partial charge in [-0.25, -0.2) is 4.79 Å². The molecule has 0 radical (unpaired) electrons. The first-order valence-corrected chi connectivity index (χ1v) is 8.85. The van der Waals surface area contributed by atoms with Gasteiger partial charge in [0.25, 0.3) is 0 Å². The SMILES string of the molecule is Cc1nn(C)c(C)c1NC(C)CC1CCCN1C(=O)OC(C)(C)C. The number of aromatic nitrogens is 2. The second kappa shape index (κ2) is 7.03. The summed E-state index contributed by atoms with van der Waals surface area (Å²) < 4.78 is 7.44. The molecule has 1 N–H and O–H groups in total. The van der Waals surface area contributed by atoms with Crippen molar-refractivity contribution in [3.8, 4) is 0 Å². The molecule has 6 nitrogen and oxygen atoms in total. The third kappa shape index (κ3) is 4.42. The normalized spacial score (nSPS) is 19.5. The quantitative estimate of drug-likeness (QED) is 0.912. The summed E-state index contributed by atoms with van der Waals surface area (Å²) in [6, 6.07) is 0.499. The van der Waals surface area contributed by atoms with E-state index < -0.39 is 5.60 Å². The van der Waals surface area contributed by atoms with Crippen molar-refractivity contribution >= 4 is 11.8 Å². The number of ether oxygens (including phenoxy) is 1. The van der Waals surface area contributed by atoms with Crippen LogP contribution >= 0.6 is 0 Å². The lowest BCUT2D eigenvalue weighted by molar-refractivity contribution is 0.0218. The van der Waals surface area contributed by atoms with Crippen molar-refractivity contribution in [1.29, 1.82) is 0 Å². The highest BCUT2D eigenvalue weighted by atomic mass is 16.6. The largest absolute Gasteiger partial charge is 0.444 e. The number of aryl methyl sites for hydroxylation is 2. The second-order valence-electron chi connectivity index (χ2n) is 7.92. The molecule has 2 atom stereocenters. The number of hydrogen-bond acceptors (Lipinski definition) is 4. The van der Waals surface area contributed by atoms with Gasteiger partial charge in [-0.15, -0.1) is 0 Å². The highest BCUT2D eigenvalue weighted by Crippen LogP contribution is 2.26. The third-order valence-corrected chi connectivity index (χ3v) is 4.53. The van der Waals surface area contributed by atoms with Crippen LogP contribution in [0.5, 0.6) is 0 Å². The summed E-state index contributed by atoms with van der Waals surface area (Å²) >= 11 is 0. The Labute approximate surface area is 145 Å². The molecule has 2 heterocycles. The van der Waals surface area contributed by atoms with Gasteiger partial charge in [-0.3, -0.25) is 4.68 Å². The summed E-state index contributed by atoms with van der Waals surface area (Å²) in [6.07, 6.45) is 2.80. The number of carbonyl (C=O) groups excluding carboxylic acids is 1. The highest BCUT2D eigenvalue weighted by molar-refractivity contribution is 5.69. The standard InChI is InChI=1S/C18H32N4O2/c1-12(19-16-13(2)20-21(7)14(16)3)11-15-9-8-10-22(15)17(23)24-18(4,5)6/h12,15,19H,8-11H2,1-7H3. The topological polar surface area (TPSA) is 59.4 Å². The summed E-state index contributed by atoms with van der Waals surface area (Å²) in [5, 5.41) is 8.02. The van der Waals surface area contributed by atoms with Crippen molar-refractivity contribution in [2.45, 2.75) is 78.5 Å². The minimum atomic E-state index is -0.446. The lowest BCUT2D eigenvalue weighted by Gasteiger charge is -2.30. The van der Waals surface area contributed by atoms with Crippen molar-refractivity contribution < 1.29 is 9.53 Å². The summed E-state index contributed by atoms with van der Waals surface area (Å²) in [4.78, 5) is 14.3. The molecular formula is C18H32N4O2. The molecular weight excluding hydrogens is 304 g/mol. The lowest BCUT2D eigenvalue weighted by atomic mass is 10.1. The zero-order valence-electron chi connectivity index (χ0n) is 16.1. The van der Waals surface area contributed by atoms with Crippen molar-refractivity contribution in [3.63, 3.8) is 0 Å². The molecule has 136 valence electrons. The van der Waals surface area contributed by atoms with E-state index in [1.54, 1.807) is 0 Å². The maximum atomic E-state index is 12.4. The van der Waals surface area contributed by atoms with Gasteiger partial charge < -0.3 is 15.0 Å². The smallest absolute Gasteiger partial charge is 0.410 e. The molecule has 2 rings (SSSR count). The number of hydrogen-bond donors (Lipinski definition) is 1.